The van der Waals surface area contributed by atoms with E-state index in [0.717, 1.165) is 12.5 Å². The van der Waals surface area contributed by atoms with Crippen LogP contribution >= 0.6 is 0 Å². The van der Waals surface area contributed by atoms with Gasteiger partial charge in [0, 0.05) is 19.2 Å². The SMILES string of the molecule is CCCC(O)CNC(=O)NCCc1ccc(F)cc1F. The second-order valence-electron chi connectivity index (χ2n) is 4.57. The maximum atomic E-state index is 13.3. The molecule has 0 aliphatic carbocycles. The second kappa shape index (κ2) is 8.47. The number of halogens is 2. The standard InChI is InChI=1S/C14H20F2N2O2/c1-2-3-12(19)9-18-14(20)17-7-6-10-4-5-11(15)8-13(10)16/h4-5,8,12,19H,2-3,6-7,9H2,1H3,(H2,17,18,20). The average Bonchev–Trinajstić information content (AvgIpc) is 2.39. The summed E-state index contributed by atoms with van der Waals surface area (Å²) >= 11 is 0. The molecule has 0 fully saturated rings. The molecule has 1 rings (SSSR count). The highest BCUT2D eigenvalue weighted by atomic mass is 19.1. The van der Waals surface area contributed by atoms with Gasteiger partial charge in [-0.2, -0.15) is 0 Å². The minimum Gasteiger partial charge on any atom is -0.391 e. The Bertz CT molecular complexity index is 441. The summed E-state index contributed by atoms with van der Waals surface area (Å²) in [7, 11) is 0. The van der Waals surface area contributed by atoms with E-state index in [2.05, 4.69) is 10.6 Å². The van der Waals surface area contributed by atoms with Crippen molar-refractivity contribution in [2.45, 2.75) is 32.3 Å². The Morgan fingerprint density at radius 1 is 1.35 bits per heavy atom. The highest BCUT2D eigenvalue weighted by molar-refractivity contribution is 5.73. The third kappa shape index (κ3) is 5.97. The normalized spacial score (nSPS) is 12.0. The van der Waals surface area contributed by atoms with Crippen molar-refractivity contribution in [3.8, 4) is 0 Å². The lowest BCUT2D eigenvalue weighted by Crippen LogP contribution is -2.40. The largest absolute Gasteiger partial charge is 0.391 e. The van der Waals surface area contributed by atoms with Crippen LogP contribution in [-0.2, 0) is 6.42 Å². The molecular weight excluding hydrogens is 266 g/mol. The van der Waals surface area contributed by atoms with Gasteiger partial charge < -0.3 is 15.7 Å². The van der Waals surface area contributed by atoms with Crippen LogP contribution in [0.25, 0.3) is 0 Å². The van der Waals surface area contributed by atoms with Gasteiger partial charge in [-0.25, -0.2) is 13.6 Å². The van der Waals surface area contributed by atoms with E-state index in [1.54, 1.807) is 0 Å². The van der Waals surface area contributed by atoms with Gasteiger partial charge >= 0.3 is 6.03 Å². The highest BCUT2D eigenvalue weighted by Crippen LogP contribution is 2.09. The first-order chi connectivity index (χ1) is 9.52. The molecule has 0 bridgehead atoms. The number of hydrogen-bond donors (Lipinski definition) is 3. The first kappa shape index (κ1) is 16.4. The Labute approximate surface area is 117 Å². The Kier molecular flexibility index (Phi) is 6.93. The summed E-state index contributed by atoms with van der Waals surface area (Å²) in [6.45, 7) is 2.36. The molecule has 0 aromatic heterocycles. The number of carbonyl (C=O) groups is 1. The topological polar surface area (TPSA) is 61.4 Å². The predicted molar refractivity (Wildman–Crippen MR) is 72.4 cm³/mol. The van der Waals surface area contributed by atoms with Gasteiger partial charge in [0.25, 0.3) is 0 Å². The van der Waals surface area contributed by atoms with Gasteiger partial charge in [-0.15, -0.1) is 0 Å². The Hall–Kier alpha value is -1.69. The first-order valence-electron chi connectivity index (χ1n) is 6.66. The fourth-order valence-electron chi connectivity index (χ4n) is 1.74. The zero-order chi connectivity index (χ0) is 15.0. The van der Waals surface area contributed by atoms with Crippen molar-refractivity contribution in [1.29, 1.82) is 0 Å². The van der Waals surface area contributed by atoms with Gasteiger partial charge in [-0.3, -0.25) is 0 Å². The highest BCUT2D eigenvalue weighted by Gasteiger charge is 2.07. The number of nitrogens with one attached hydrogen (secondary N) is 2. The number of rotatable bonds is 7. The summed E-state index contributed by atoms with van der Waals surface area (Å²) in [5.41, 5.74) is 0.345. The van der Waals surface area contributed by atoms with Gasteiger partial charge in [0.05, 0.1) is 6.10 Å². The van der Waals surface area contributed by atoms with Crippen molar-refractivity contribution in [3.05, 3.63) is 35.4 Å². The summed E-state index contributed by atoms with van der Waals surface area (Å²) in [4.78, 5) is 11.4. The van der Waals surface area contributed by atoms with Crippen LogP contribution in [0, 0.1) is 11.6 Å². The van der Waals surface area contributed by atoms with Crippen LogP contribution < -0.4 is 10.6 Å². The van der Waals surface area contributed by atoms with E-state index in [1.807, 2.05) is 6.92 Å². The Morgan fingerprint density at radius 3 is 2.75 bits per heavy atom. The predicted octanol–water partition coefficient (Wildman–Crippen LogP) is 1.97. The molecule has 0 spiro atoms. The molecule has 112 valence electrons. The van der Waals surface area contributed by atoms with Gasteiger partial charge in [0.15, 0.2) is 0 Å². The molecule has 0 saturated carbocycles. The van der Waals surface area contributed by atoms with E-state index in [0.29, 0.717) is 12.0 Å². The smallest absolute Gasteiger partial charge is 0.314 e. The first-order valence-corrected chi connectivity index (χ1v) is 6.66. The third-order valence-electron chi connectivity index (χ3n) is 2.82. The van der Waals surface area contributed by atoms with Crippen molar-refractivity contribution >= 4 is 6.03 Å². The number of hydrogen-bond acceptors (Lipinski definition) is 2. The van der Waals surface area contributed by atoms with Crippen LogP contribution in [0.2, 0.25) is 0 Å². The molecule has 1 atom stereocenters. The molecule has 6 heteroatoms. The molecule has 0 aliphatic heterocycles. The molecule has 0 saturated heterocycles. The van der Waals surface area contributed by atoms with Crippen molar-refractivity contribution in [2.75, 3.05) is 13.1 Å². The fraction of sp³-hybridized carbons (Fsp3) is 0.500. The lowest BCUT2D eigenvalue weighted by atomic mass is 10.1. The maximum Gasteiger partial charge on any atom is 0.314 e. The van der Waals surface area contributed by atoms with Crippen LogP contribution in [0.5, 0.6) is 0 Å². The van der Waals surface area contributed by atoms with Crippen molar-refractivity contribution in [2.24, 2.45) is 0 Å². The molecule has 2 amide bonds. The van der Waals surface area contributed by atoms with Crippen LogP contribution in [0.3, 0.4) is 0 Å². The van der Waals surface area contributed by atoms with Gasteiger partial charge in [0.2, 0.25) is 0 Å². The van der Waals surface area contributed by atoms with Crippen LogP contribution in [0.15, 0.2) is 18.2 Å². The number of benzene rings is 1. The number of aliphatic hydroxyl groups excluding tert-OH is 1. The summed E-state index contributed by atoms with van der Waals surface area (Å²) < 4.78 is 26.0. The monoisotopic (exact) mass is 286 g/mol. The van der Waals surface area contributed by atoms with E-state index in [-0.39, 0.29) is 19.5 Å². The second-order valence-corrected chi connectivity index (χ2v) is 4.57. The van der Waals surface area contributed by atoms with E-state index in [4.69, 9.17) is 0 Å². The van der Waals surface area contributed by atoms with E-state index in [1.165, 1.54) is 12.1 Å². The Morgan fingerprint density at radius 2 is 2.10 bits per heavy atom. The molecule has 20 heavy (non-hydrogen) atoms. The van der Waals surface area contributed by atoms with Crippen LogP contribution in [0.4, 0.5) is 13.6 Å². The minimum absolute atomic E-state index is 0.185. The van der Waals surface area contributed by atoms with Crippen molar-refractivity contribution in [1.82, 2.24) is 10.6 Å². The Balaban J connectivity index is 2.24. The van der Waals surface area contributed by atoms with Crippen LogP contribution in [0.1, 0.15) is 25.3 Å². The summed E-state index contributed by atoms with van der Waals surface area (Å²) in [6.07, 6.45) is 1.19. The molecule has 0 aliphatic rings. The molecule has 3 N–H and O–H groups in total. The molecule has 1 aromatic carbocycles. The molecule has 0 heterocycles. The van der Waals surface area contributed by atoms with Crippen LogP contribution in [-0.4, -0.2) is 30.3 Å². The number of aliphatic hydroxyl groups is 1. The van der Waals surface area contributed by atoms with Gasteiger partial charge in [-0.1, -0.05) is 19.4 Å². The summed E-state index contributed by atoms with van der Waals surface area (Å²) in [6, 6.07) is 2.94. The average molecular weight is 286 g/mol. The fourth-order valence-corrected chi connectivity index (χ4v) is 1.74. The van der Waals surface area contributed by atoms with E-state index in [9.17, 15) is 18.7 Å². The molecule has 1 aromatic rings. The molecular formula is C14H20F2N2O2. The van der Waals surface area contributed by atoms with Crippen molar-refractivity contribution in [3.63, 3.8) is 0 Å². The van der Waals surface area contributed by atoms with E-state index >= 15 is 0 Å². The quantitative estimate of drug-likeness (QED) is 0.717. The molecule has 1 unspecified atom stereocenters. The van der Waals surface area contributed by atoms with Gasteiger partial charge in [0.1, 0.15) is 11.6 Å². The van der Waals surface area contributed by atoms with Crippen molar-refractivity contribution < 1.29 is 18.7 Å². The molecule has 4 nitrogen and oxygen atoms in total. The minimum atomic E-state index is -0.623. The molecule has 0 radical (unpaired) electrons. The number of carbonyl (C=O) groups excluding carboxylic acids is 1. The number of amides is 2. The number of urea groups is 1. The summed E-state index contributed by atoms with van der Waals surface area (Å²) in [5.74, 6) is -1.24. The third-order valence-corrected chi connectivity index (χ3v) is 2.82. The van der Waals surface area contributed by atoms with Gasteiger partial charge in [-0.05, 0) is 24.5 Å². The lowest BCUT2D eigenvalue weighted by Gasteiger charge is -2.11. The van der Waals surface area contributed by atoms with E-state index < -0.39 is 23.8 Å². The zero-order valence-corrected chi connectivity index (χ0v) is 11.5. The zero-order valence-electron chi connectivity index (χ0n) is 11.5. The lowest BCUT2D eigenvalue weighted by molar-refractivity contribution is 0.160. The summed E-state index contributed by atoms with van der Waals surface area (Å²) in [5, 5.41) is 14.5. The maximum absolute atomic E-state index is 13.3.